The van der Waals surface area contributed by atoms with Crippen molar-refractivity contribution in [3.8, 4) is 0 Å². The lowest BCUT2D eigenvalue weighted by Crippen LogP contribution is -2.43. The van der Waals surface area contributed by atoms with Crippen molar-refractivity contribution in [3.05, 3.63) is 11.6 Å². The summed E-state index contributed by atoms with van der Waals surface area (Å²) in [5, 5.41) is 8.60. The van der Waals surface area contributed by atoms with Gasteiger partial charge in [-0.1, -0.05) is 6.08 Å². The highest BCUT2D eigenvalue weighted by atomic mass is 19.4. The van der Waals surface area contributed by atoms with Gasteiger partial charge in [0.2, 0.25) is 5.91 Å². The fourth-order valence-corrected chi connectivity index (χ4v) is 2.02. The predicted molar refractivity (Wildman–Crippen MR) is 40.9 cm³/mol. The van der Waals surface area contributed by atoms with Gasteiger partial charge >= 0.3 is 12.3 Å². The number of imide groups is 1. The van der Waals surface area contributed by atoms with Crippen LogP contribution in [0.25, 0.3) is 0 Å². The van der Waals surface area contributed by atoms with Crippen LogP contribution in [0, 0.1) is 5.92 Å². The fourth-order valence-electron chi connectivity index (χ4n) is 2.02. The molecule has 82 valence electrons. The van der Waals surface area contributed by atoms with Crippen molar-refractivity contribution in [2.45, 2.75) is 18.6 Å². The first-order valence-electron chi connectivity index (χ1n) is 4.17. The Morgan fingerprint density at radius 2 is 2.13 bits per heavy atom. The molecule has 2 aliphatic rings. The Balaban J connectivity index is 2.36. The molecule has 15 heavy (non-hydrogen) atoms. The van der Waals surface area contributed by atoms with Gasteiger partial charge in [-0.2, -0.15) is 13.2 Å². The van der Waals surface area contributed by atoms with Crippen LogP contribution in [0.5, 0.6) is 0 Å². The smallest absolute Gasteiger partial charge is 0.414 e. The van der Waals surface area contributed by atoms with Gasteiger partial charge in [-0.3, -0.25) is 4.79 Å². The Labute approximate surface area is 82.0 Å². The first-order valence-corrected chi connectivity index (χ1v) is 4.17. The Kier molecular flexibility index (Phi) is 1.83. The quantitative estimate of drug-likeness (QED) is 0.628. The summed E-state index contributed by atoms with van der Waals surface area (Å²) < 4.78 is 37.1. The van der Waals surface area contributed by atoms with E-state index in [2.05, 4.69) is 0 Å². The number of likely N-dealkylation sites (tertiary alicyclic amines) is 1. The Hall–Kier alpha value is -1.53. The van der Waals surface area contributed by atoms with Gasteiger partial charge in [-0.25, -0.2) is 9.69 Å². The van der Waals surface area contributed by atoms with E-state index in [4.69, 9.17) is 5.11 Å². The molecule has 7 heteroatoms. The molecule has 0 spiro atoms. The number of carbonyl (C=O) groups excluding carboxylic acids is 1. The summed E-state index contributed by atoms with van der Waals surface area (Å²) in [5.41, 5.74) is -0.922. The average molecular weight is 221 g/mol. The second-order valence-electron chi connectivity index (χ2n) is 3.47. The van der Waals surface area contributed by atoms with Crippen LogP contribution in [0.3, 0.4) is 0 Å². The fraction of sp³-hybridized carbons (Fsp3) is 0.500. The lowest BCUT2D eigenvalue weighted by molar-refractivity contribution is -0.131. The van der Waals surface area contributed by atoms with E-state index >= 15 is 0 Å². The summed E-state index contributed by atoms with van der Waals surface area (Å²) in [5.74, 6) is -1.69. The van der Waals surface area contributed by atoms with Crippen molar-refractivity contribution in [3.63, 3.8) is 0 Å². The van der Waals surface area contributed by atoms with Crippen molar-refractivity contribution in [2.24, 2.45) is 5.92 Å². The SMILES string of the molecule is O=C(O)N1C(=O)[C@H]2C=C(C(F)(F)F)[C@@H]1C2. The molecule has 1 aliphatic carbocycles. The zero-order valence-corrected chi connectivity index (χ0v) is 7.28. The van der Waals surface area contributed by atoms with Crippen molar-refractivity contribution in [2.75, 3.05) is 0 Å². The maximum Gasteiger partial charge on any atom is 0.414 e. The van der Waals surface area contributed by atoms with E-state index < -0.39 is 35.7 Å². The van der Waals surface area contributed by atoms with Crippen molar-refractivity contribution in [1.82, 2.24) is 4.90 Å². The predicted octanol–water partition coefficient (Wildman–Crippen LogP) is 1.38. The minimum absolute atomic E-state index is 0.0834. The zero-order valence-electron chi connectivity index (χ0n) is 7.28. The number of hydrogen-bond donors (Lipinski definition) is 1. The molecule has 1 heterocycles. The summed E-state index contributed by atoms with van der Waals surface area (Å²) in [7, 11) is 0. The minimum Gasteiger partial charge on any atom is -0.465 e. The standard InChI is InChI=1S/C8H6F3NO3/c9-8(10,11)4-1-3-2-5(4)12(6(3)13)7(14)15/h1,3,5H,2H2,(H,14,15)/t3-,5-/m0/s1. The van der Waals surface area contributed by atoms with Crippen molar-refractivity contribution >= 4 is 12.0 Å². The molecule has 4 nitrogen and oxygen atoms in total. The summed E-state index contributed by atoms with van der Waals surface area (Å²) >= 11 is 0. The highest BCUT2D eigenvalue weighted by molar-refractivity contribution is 5.97. The van der Waals surface area contributed by atoms with Gasteiger partial charge < -0.3 is 5.11 Å². The van der Waals surface area contributed by atoms with E-state index in [0.29, 0.717) is 0 Å². The van der Waals surface area contributed by atoms with Gasteiger partial charge in [-0.05, 0) is 6.42 Å². The summed E-state index contributed by atoms with van der Waals surface area (Å²) in [6, 6.07) is -1.35. The maximum absolute atomic E-state index is 12.4. The minimum atomic E-state index is -4.56. The molecule has 0 aromatic carbocycles. The second-order valence-corrected chi connectivity index (χ2v) is 3.47. The second kappa shape index (κ2) is 2.74. The third-order valence-electron chi connectivity index (χ3n) is 2.62. The van der Waals surface area contributed by atoms with E-state index in [1.165, 1.54) is 0 Å². The van der Waals surface area contributed by atoms with Crippen LogP contribution in [0.15, 0.2) is 11.6 Å². The lowest BCUT2D eigenvalue weighted by atomic mass is 10.1. The van der Waals surface area contributed by atoms with Gasteiger partial charge in [0.05, 0.1) is 17.5 Å². The van der Waals surface area contributed by atoms with Gasteiger partial charge in [-0.15, -0.1) is 0 Å². The zero-order chi connectivity index (χ0) is 11.4. The number of carboxylic acid groups (broad SMARTS) is 1. The van der Waals surface area contributed by atoms with Crippen LogP contribution >= 0.6 is 0 Å². The first kappa shape index (κ1) is 10.0. The molecule has 2 atom stereocenters. The summed E-state index contributed by atoms with van der Waals surface area (Å²) in [6.45, 7) is 0. The highest BCUT2D eigenvalue weighted by Gasteiger charge is 2.55. The van der Waals surface area contributed by atoms with Crippen LogP contribution in [0.1, 0.15) is 6.42 Å². The number of rotatable bonds is 0. The summed E-state index contributed by atoms with van der Waals surface area (Å²) in [4.78, 5) is 22.1. The molecule has 0 unspecified atom stereocenters. The number of hydrogen-bond acceptors (Lipinski definition) is 2. The normalized spacial score (nSPS) is 29.7. The molecule has 0 radical (unpaired) electrons. The number of nitrogens with zero attached hydrogens (tertiary/aromatic N) is 1. The molecule has 1 aliphatic heterocycles. The molecule has 0 aromatic heterocycles. The lowest BCUT2D eigenvalue weighted by Gasteiger charge is -2.25. The van der Waals surface area contributed by atoms with E-state index in [1.807, 2.05) is 0 Å². The van der Waals surface area contributed by atoms with Crippen LogP contribution in [-0.2, 0) is 4.79 Å². The highest BCUT2D eigenvalue weighted by Crippen LogP contribution is 2.44. The van der Waals surface area contributed by atoms with Crippen LogP contribution in [0.2, 0.25) is 0 Å². The topological polar surface area (TPSA) is 57.6 Å². The first-order chi connectivity index (χ1) is 6.82. The molecular formula is C8H6F3NO3. The van der Waals surface area contributed by atoms with Crippen LogP contribution in [-0.4, -0.2) is 34.2 Å². The van der Waals surface area contributed by atoms with E-state index in [1.54, 1.807) is 0 Å². The molecule has 0 saturated carbocycles. The van der Waals surface area contributed by atoms with Gasteiger partial charge in [0, 0.05) is 0 Å². The third-order valence-corrected chi connectivity index (χ3v) is 2.62. The Bertz CT molecular complexity index is 374. The van der Waals surface area contributed by atoms with E-state index in [9.17, 15) is 22.8 Å². The van der Waals surface area contributed by atoms with Crippen LogP contribution < -0.4 is 0 Å². The van der Waals surface area contributed by atoms with E-state index in [0.717, 1.165) is 6.08 Å². The monoisotopic (exact) mass is 221 g/mol. The molecular weight excluding hydrogens is 215 g/mol. The Morgan fingerprint density at radius 3 is 2.53 bits per heavy atom. The number of halogens is 3. The number of amides is 2. The molecule has 1 N–H and O–H groups in total. The molecule has 0 aromatic rings. The van der Waals surface area contributed by atoms with E-state index in [-0.39, 0.29) is 11.3 Å². The molecule has 2 rings (SSSR count). The molecule has 1 saturated heterocycles. The van der Waals surface area contributed by atoms with Crippen LogP contribution in [0.4, 0.5) is 18.0 Å². The van der Waals surface area contributed by atoms with Gasteiger partial charge in [0.1, 0.15) is 0 Å². The largest absolute Gasteiger partial charge is 0.465 e. The van der Waals surface area contributed by atoms with Crippen molar-refractivity contribution < 1.29 is 27.9 Å². The molecule has 1 fully saturated rings. The molecule has 2 bridgehead atoms. The van der Waals surface area contributed by atoms with Crippen molar-refractivity contribution in [1.29, 1.82) is 0 Å². The maximum atomic E-state index is 12.4. The molecule has 2 amide bonds. The number of fused-ring (bicyclic) bond motifs is 2. The number of alkyl halides is 3. The van der Waals surface area contributed by atoms with Gasteiger partial charge in [0.15, 0.2) is 0 Å². The Morgan fingerprint density at radius 1 is 1.53 bits per heavy atom. The average Bonchev–Trinajstić information content (AvgIpc) is 2.57. The summed E-state index contributed by atoms with van der Waals surface area (Å²) in [6.07, 6.45) is -5.44. The third kappa shape index (κ3) is 1.30. The van der Waals surface area contributed by atoms with Gasteiger partial charge in [0.25, 0.3) is 0 Å². The number of carbonyl (C=O) groups is 2.